The number of carbonyl (C=O) groups excluding carboxylic acids is 1. The van der Waals surface area contributed by atoms with Crippen LogP contribution in [0.25, 0.3) is 0 Å². The molecule has 0 aliphatic rings. The number of anilines is 1. The molecule has 16 heavy (non-hydrogen) atoms. The molecule has 1 rings (SSSR count). The van der Waals surface area contributed by atoms with Crippen molar-refractivity contribution in [2.75, 3.05) is 5.73 Å². The summed E-state index contributed by atoms with van der Waals surface area (Å²) in [5.41, 5.74) is 5.83. The van der Waals surface area contributed by atoms with Crippen molar-refractivity contribution < 1.29 is 48.6 Å². The van der Waals surface area contributed by atoms with Crippen LogP contribution in [0, 0.1) is 0 Å². The van der Waals surface area contributed by atoms with E-state index >= 15 is 0 Å². The molecule has 1 aromatic carbocycles. The van der Waals surface area contributed by atoms with E-state index < -0.39 is 15.9 Å². The zero-order chi connectivity index (χ0) is 10.8. The zero-order valence-electron chi connectivity index (χ0n) is 8.97. The van der Waals surface area contributed by atoms with Gasteiger partial charge < -0.3 is 15.8 Å². The summed E-state index contributed by atoms with van der Waals surface area (Å²) >= 11 is 0. The molecule has 0 aliphatic heterocycles. The fourth-order valence-electron chi connectivity index (χ4n) is 0.862. The Morgan fingerprint density at radius 2 is 1.81 bits per heavy atom. The summed E-state index contributed by atoms with van der Waals surface area (Å²) in [7, 11) is -3.86. The Hall–Kier alpha value is -0.440. The van der Waals surface area contributed by atoms with E-state index in [4.69, 9.17) is 5.73 Å². The summed E-state index contributed by atoms with van der Waals surface area (Å²) in [6.45, 7) is 1.08. The molecule has 1 atom stereocenters. The van der Waals surface area contributed by atoms with Crippen molar-refractivity contribution in [1.82, 2.24) is 0 Å². The molecule has 0 saturated heterocycles. The Bertz CT molecular complexity index is 465. The Morgan fingerprint density at radius 1 is 1.38 bits per heavy atom. The van der Waals surface area contributed by atoms with Gasteiger partial charge in [-0.15, -0.1) is 0 Å². The molecular formula is C8H11N2NaO4S. The van der Waals surface area contributed by atoms with Crippen LogP contribution in [0.1, 0.15) is 6.92 Å². The molecule has 0 aromatic heterocycles. The number of hydrogen-bond acceptors (Lipinski definition) is 4. The van der Waals surface area contributed by atoms with Gasteiger partial charge in [0, 0.05) is 27.5 Å². The van der Waals surface area contributed by atoms with E-state index in [0.29, 0.717) is 5.69 Å². The second kappa shape index (κ2) is 7.00. The number of nitrogen functional groups attached to an aromatic ring is 1. The van der Waals surface area contributed by atoms with Crippen molar-refractivity contribution in [3.63, 3.8) is 0 Å². The van der Waals surface area contributed by atoms with E-state index in [1.54, 1.807) is 0 Å². The molecule has 1 amide bonds. The molecular weight excluding hydrogens is 243 g/mol. The number of amides is 1. The van der Waals surface area contributed by atoms with Gasteiger partial charge in [0.25, 0.3) is 0 Å². The number of nitrogens with two attached hydrogens (primary N) is 1. The second-order valence-corrected chi connectivity index (χ2v) is 4.26. The van der Waals surface area contributed by atoms with Crippen molar-refractivity contribution in [3.8, 4) is 0 Å². The van der Waals surface area contributed by atoms with E-state index in [1.807, 2.05) is 0 Å². The molecule has 0 aliphatic carbocycles. The molecule has 0 radical (unpaired) electrons. The molecule has 0 saturated carbocycles. The van der Waals surface area contributed by atoms with Crippen LogP contribution < -0.4 is 35.3 Å². The number of rotatable bonds is 1. The first-order valence-corrected chi connectivity index (χ1v) is 5.20. The predicted octanol–water partition coefficient (Wildman–Crippen LogP) is -3.05. The molecule has 0 fully saturated rings. The number of nitrogens with zero attached hydrogens (tertiary/aromatic N) is 1. The number of carbonyl (C=O) groups is 1. The average Bonchev–Trinajstić information content (AvgIpc) is 2.02. The van der Waals surface area contributed by atoms with E-state index in [-0.39, 0.29) is 39.9 Å². The Balaban J connectivity index is 0. The minimum absolute atomic E-state index is 0. The molecule has 1 aromatic rings. The Morgan fingerprint density at radius 3 is 2.19 bits per heavy atom. The van der Waals surface area contributed by atoms with Gasteiger partial charge in [-0.2, -0.15) is 4.36 Å². The minimum atomic E-state index is -3.86. The van der Waals surface area contributed by atoms with Gasteiger partial charge in [0.05, 0.1) is 0 Å². The van der Waals surface area contributed by atoms with Crippen LogP contribution in [0.2, 0.25) is 0 Å². The number of hydrogen-bond donors (Lipinski definition) is 1. The van der Waals surface area contributed by atoms with Crippen LogP contribution in [0.3, 0.4) is 0 Å². The Kier molecular flexibility index (Phi) is 7.85. The van der Waals surface area contributed by atoms with E-state index in [2.05, 4.69) is 4.36 Å². The van der Waals surface area contributed by atoms with Crippen LogP contribution >= 0.6 is 0 Å². The van der Waals surface area contributed by atoms with Crippen molar-refractivity contribution >= 4 is 21.6 Å². The molecule has 84 valence electrons. The van der Waals surface area contributed by atoms with Gasteiger partial charge in [-0.25, -0.2) is 0 Å². The van der Waals surface area contributed by atoms with Crippen LogP contribution in [0.5, 0.6) is 0 Å². The Labute approximate surface area is 116 Å². The van der Waals surface area contributed by atoms with Gasteiger partial charge in [-0.1, -0.05) is 0 Å². The molecule has 0 bridgehead atoms. The standard InChI is InChI=1S/C8H10N2O3S.Na.H2O/c1-6(11)10-14(12,13)8-4-2-7(9)3-5-8;;/h2-5H,9H2,1H3,(H,10,11,12,13);;1H2/q;+1;/p-1. The van der Waals surface area contributed by atoms with Crippen LogP contribution in [0.4, 0.5) is 5.69 Å². The second-order valence-electron chi connectivity index (χ2n) is 2.65. The van der Waals surface area contributed by atoms with Gasteiger partial charge in [0.1, 0.15) is 0 Å². The smallest absolute Gasteiger partial charge is 0.760 e. The number of benzene rings is 1. The monoisotopic (exact) mass is 254 g/mol. The van der Waals surface area contributed by atoms with Crippen molar-refractivity contribution in [1.29, 1.82) is 0 Å². The third kappa shape index (κ3) is 5.06. The molecule has 0 spiro atoms. The van der Waals surface area contributed by atoms with Gasteiger partial charge in [-0.05, 0) is 24.3 Å². The third-order valence-electron chi connectivity index (χ3n) is 1.43. The summed E-state index contributed by atoms with van der Waals surface area (Å²) < 4.78 is 25.7. The summed E-state index contributed by atoms with van der Waals surface area (Å²) in [4.78, 5) is 10.5. The van der Waals surface area contributed by atoms with Crippen molar-refractivity contribution in [2.24, 2.45) is 4.36 Å². The first-order valence-electron chi connectivity index (χ1n) is 3.76. The SMILES string of the molecule is CC(=O)N=S(=O)([O-])c1ccc(N)cc1.O.[Na+]. The first kappa shape index (κ1) is 17.9. The van der Waals surface area contributed by atoms with E-state index in [1.165, 1.54) is 24.3 Å². The molecule has 1 unspecified atom stereocenters. The van der Waals surface area contributed by atoms with Crippen molar-refractivity contribution in [2.45, 2.75) is 11.8 Å². The molecule has 8 heteroatoms. The predicted molar refractivity (Wildman–Crippen MR) is 54.8 cm³/mol. The molecule has 6 nitrogen and oxygen atoms in total. The summed E-state index contributed by atoms with van der Waals surface area (Å²) in [6, 6.07) is 5.47. The first-order chi connectivity index (χ1) is 6.42. The average molecular weight is 254 g/mol. The van der Waals surface area contributed by atoms with Gasteiger partial charge in [-0.3, -0.25) is 9.00 Å². The van der Waals surface area contributed by atoms with Gasteiger partial charge >= 0.3 is 29.6 Å². The largest absolute Gasteiger partial charge is 1.00 e. The van der Waals surface area contributed by atoms with Crippen LogP contribution in [0.15, 0.2) is 33.5 Å². The summed E-state index contributed by atoms with van der Waals surface area (Å²) in [6.07, 6.45) is 0. The van der Waals surface area contributed by atoms with Crippen molar-refractivity contribution in [3.05, 3.63) is 24.3 Å². The maximum Gasteiger partial charge on any atom is 1.00 e. The van der Waals surface area contributed by atoms with Gasteiger partial charge in [0.2, 0.25) is 5.91 Å². The minimum Gasteiger partial charge on any atom is -0.760 e. The van der Waals surface area contributed by atoms with Gasteiger partial charge in [0.15, 0.2) is 0 Å². The third-order valence-corrected chi connectivity index (χ3v) is 2.79. The quantitative estimate of drug-likeness (QED) is 0.422. The fourth-order valence-corrected chi connectivity index (χ4v) is 1.79. The maximum absolute atomic E-state index is 11.3. The normalized spacial score (nSPS) is 12.6. The van der Waals surface area contributed by atoms with E-state index in [9.17, 15) is 13.6 Å². The fraction of sp³-hybridized carbons (Fsp3) is 0.125. The maximum atomic E-state index is 11.3. The van der Waals surface area contributed by atoms with Crippen LogP contribution in [-0.4, -0.2) is 20.1 Å². The summed E-state index contributed by atoms with van der Waals surface area (Å²) in [5, 5.41) is 0. The van der Waals surface area contributed by atoms with Crippen LogP contribution in [-0.2, 0) is 14.8 Å². The van der Waals surface area contributed by atoms with E-state index in [0.717, 1.165) is 6.92 Å². The molecule has 0 heterocycles. The topological polar surface area (TPSA) is 127 Å². The molecule has 4 N–H and O–H groups in total. The zero-order valence-corrected chi connectivity index (χ0v) is 11.8. The summed E-state index contributed by atoms with van der Waals surface area (Å²) in [5.74, 6) is -0.748.